The molecule has 0 bridgehead atoms. The number of hydrogen-bond acceptors (Lipinski definition) is 5. The van der Waals surface area contributed by atoms with Gasteiger partial charge in [-0.15, -0.1) is 0 Å². The van der Waals surface area contributed by atoms with E-state index >= 15 is 0 Å². The van der Waals surface area contributed by atoms with Gasteiger partial charge in [0.1, 0.15) is 5.82 Å². The summed E-state index contributed by atoms with van der Waals surface area (Å²) in [5.41, 5.74) is 0. The number of hydrogen-bond donors (Lipinski definition) is 0. The molecule has 2 atom stereocenters. The van der Waals surface area contributed by atoms with Gasteiger partial charge in [-0.2, -0.15) is 15.0 Å². The highest BCUT2D eigenvalue weighted by molar-refractivity contribution is 5.37. The molecule has 0 amide bonds. The van der Waals surface area contributed by atoms with E-state index in [9.17, 15) is 0 Å². The largest absolute Gasteiger partial charge is 0.347 e. The second-order valence-corrected chi connectivity index (χ2v) is 5.70. The minimum Gasteiger partial charge on any atom is -0.347 e. The van der Waals surface area contributed by atoms with E-state index in [4.69, 9.17) is 0 Å². The number of anilines is 2. The van der Waals surface area contributed by atoms with Crippen molar-refractivity contribution in [1.29, 1.82) is 0 Å². The van der Waals surface area contributed by atoms with Gasteiger partial charge in [-0.25, -0.2) is 0 Å². The van der Waals surface area contributed by atoms with Crippen molar-refractivity contribution >= 4 is 11.9 Å². The van der Waals surface area contributed by atoms with Gasteiger partial charge in [-0.1, -0.05) is 6.92 Å². The van der Waals surface area contributed by atoms with Crippen molar-refractivity contribution in [2.45, 2.75) is 32.1 Å². The summed E-state index contributed by atoms with van der Waals surface area (Å²) in [4.78, 5) is 17.6. The van der Waals surface area contributed by atoms with Crippen LogP contribution in [-0.2, 0) is 0 Å². The van der Waals surface area contributed by atoms with Crippen LogP contribution in [0.15, 0.2) is 0 Å². The maximum Gasteiger partial charge on any atom is 0.229 e. The standard InChI is InChI=1S/C13H23N5/c1-9-6-7-10(8-9)11-14-12(17(2)3)16-13(15-11)18(4)5/h9-10H,6-8H2,1-5H3/t9?,10-/m1/s1. The molecule has 0 saturated heterocycles. The minimum atomic E-state index is 0.500. The summed E-state index contributed by atoms with van der Waals surface area (Å²) in [7, 11) is 7.87. The highest BCUT2D eigenvalue weighted by atomic mass is 15.3. The SMILES string of the molecule is CC1CC[C@@H](c2nc(N(C)C)nc(N(C)C)n2)C1. The van der Waals surface area contributed by atoms with Crippen molar-refractivity contribution in [3.8, 4) is 0 Å². The summed E-state index contributed by atoms with van der Waals surface area (Å²) in [6, 6.07) is 0. The molecule has 1 fully saturated rings. The predicted molar refractivity (Wildman–Crippen MR) is 74.2 cm³/mol. The molecule has 1 aliphatic rings. The monoisotopic (exact) mass is 249 g/mol. The maximum atomic E-state index is 4.61. The van der Waals surface area contributed by atoms with Gasteiger partial charge in [-0.3, -0.25) is 0 Å². The Labute approximate surface area is 109 Å². The Balaban J connectivity index is 2.34. The summed E-state index contributed by atoms with van der Waals surface area (Å²) in [6.45, 7) is 2.31. The predicted octanol–water partition coefficient (Wildman–Crippen LogP) is 1.91. The molecule has 0 spiro atoms. The summed E-state index contributed by atoms with van der Waals surface area (Å²) >= 11 is 0. The van der Waals surface area contributed by atoms with E-state index in [0.717, 1.165) is 23.6 Å². The van der Waals surface area contributed by atoms with E-state index in [1.54, 1.807) is 0 Å². The first-order valence-electron chi connectivity index (χ1n) is 6.58. The molecular weight excluding hydrogens is 226 g/mol. The third kappa shape index (κ3) is 2.71. The fraction of sp³-hybridized carbons (Fsp3) is 0.769. The second kappa shape index (κ2) is 5.08. The van der Waals surface area contributed by atoms with Crippen molar-refractivity contribution in [3.05, 3.63) is 5.82 Å². The average molecular weight is 249 g/mol. The summed E-state index contributed by atoms with van der Waals surface area (Å²) in [6.07, 6.45) is 3.68. The summed E-state index contributed by atoms with van der Waals surface area (Å²) < 4.78 is 0. The van der Waals surface area contributed by atoms with Crippen molar-refractivity contribution in [2.75, 3.05) is 38.0 Å². The number of rotatable bonds is 3. The molecule has 1 aromatic rings. The Hall–Kier alpha value is -1.39. The Kier molecular flexibility index (Phi) is 3.68. The van der Waals surface area contributed by atoms with Gasteiger partial charge in [0.2, 0.25) is 11.9 Å². The van der Waals surface area contributed by atoms with Gasteiger partial charge >= 0.3 is 0 Å². The fourth-order valence-corrected chi connectivity index (χ4v) is 2.39. The second-order valence-electron chi connectivity index (χ2n) is 5.70. The van der Waals surface area contributed by atoms with Crippen LogP contribution in [0.1, 0.15) is 37.9 Å². The van der Waals surface area contributed by atoms with Crippen LogP contribution in [-0.4, -0.2) is 43.1 Å². The topological polar surface area (TPSA) is 45.2 Å². The highest BCUT2D eigenvalue weighted by Crippen LogP contribution is 2.36. The van der Waals surface area contributed by atoms with Crippen LogP contribution in [0.5, 0.6) is 0 Å². The van der Waals surface area contributed by atoms with Crippen molar-refractivity contribution < 1.29 is 0 Å². The summed E-state index contributed by atoms with van der Waals surface area (Å²) in [5.74, 6) is 3.76. The van der Waals surface area contributed by atoms with Crippen LogP contribution in [0.2, 0.25) is 0 Å². The van der Waals surface area contributed by atoms with E-state index < -0.39 is 0 Å². The Morgan fingerprint density at radius 2 is 1.44 bits per heavy atom. The molecule has 1 unspecified atom stereocenters. The lowest BCUT2D eigenvalue weighted by molar-refractivity contribution is 0.583. The van der Waals surface area contributed by atoms with Crippen LogP contribution in [0.3, 0.4) is 0 Å². The van der Waals surface area contributed by atoms with E-state index in [2.05, 4.69) is 21.9 Å². The van der Waals surface area contributed by atoms with Gasteiger partial charge in [0.05, 0.1) is 0 Å². The fourth-order valence-electron chi connectivity index (χ4n) is 2.39. The molecule has 0 radical (unpaired) electrons. The highest BCUT2D eigenvalue weighted by Gasteiger charge is 2.26. The maximum absolute atomic E-state index is 4.61. The molecule has 2 rings (SSSR count). The molecule has 1 saturated carbocycles. The molecule has 100 valence electrons. The minimum absolute atomic E-state index is 0.500. The van der Waals surface area contributed by atoms with Gasteiger partial charge < -0.3 is 9.80 Å². The van der Waals surface area contributed by atoms with Crippen LogP contribution in [0.25, 0.3) is 0 Å². The first-order chi connectivity index (χ1) is 8.47. The first kappa shape index (κ1) is 13.1. The molecule has 18 heavy (non-hydrogen) atoms. The molecule has 5 nitrogen and oxygen atoms in total. The number of nitrogens with zero attached hydrogens (tertiary/aromatic N) is 5. The zero-order valence-electron chi connectivity index (χ0n) is 12.0. The van der Waals surface area contributed by atoms with Crippen molar-refractivity contribution in [1.82, 2.24) is 15.0 Å². The molecular formula is C13H23N5. The van der Waals surface area contributed by atoms with Gasteiger partial charge in [0.25, 0.3) is 0 Å². The lowest BCUT2D eigenvalue weighted by Crippen LogP contribution is -2.20. The van der Waals surface area contributed by atoms with E-state index in [0.29, 0.717) is 5.92 Å². The quantitative estimate of drug-likeness (QED) is 0.818. The summed E-state index contributed by atoms with van der Waals surface area (Å²) in [5, 5.41) is 0. The van der Waals surface area contributed by atoms with Crippen molar-refractivity contribution in [2.24, 2.45) is 5.92 Å². The lowest BCUT2D eigenvalue weighted by Gasteiger charge is -2.18. The molecule has 0 N–H and O–H groups in total. The third-order valence-electron chi connectivity index (χ3n) is 3.49. The van der Waals surface area contributed by atoms with Crippen LogP contribution in [0, 0.1) is 5.92 Å². The Morgan fingerprint density at radius 1 is 0.889 bits per heavy atom. The normalized spacial score (nSPS) is 23.2. The Bertz CT molecular complexity index is 390. The molecule has 1 aromatic heterocycles. The molecule has 5 heteroatoms. The molecule has 0 aliphatic heterocycles. The zero-order chi connectivity index (χ0) is 13.3. The lowest BCUT2D eigenvalue weighted by atomic mass is 10.1. The molecule has 1 aliphatic carbocycles. The van der Waals surface area contributed by atoms with E-state index in [1.165, 1.54) is 19.3 Å². The first-order valence-corrected chi connectivity index (χ1v) is 6.58. The Morgan fingerprint density at radius 3 is 1.83 bits per heavy atom. The van der Waals surface area contributed by atoms with E-state index in [-0.39, 0.29) is 0 Å². The van der Waals surface area contributed by atoms with Crippen LogP contribution < -0.4 is 9.80 Å². The van der Waals surface area contributed by atoms with Crippen molar-refractivity contribution in [3.63, 3.8) is 0 Å². The van der Waals surface area contributed by atoms with Crippen LogP contribution in [0.4, 0.5) is 11.9 Å². The van der Waals surface area contributed by atoms with Gasteiger partial charge in [0.15, 0.2) is 0 Å². The smallest absolute Gasteiger partial charge is 0.229 e. The molecule has 0 aromatic carbocycles. The van der Waals surface area contributed by atoms with Gasteiger partial charge in [-0.05, 0) is 25.2 Å². The molecule has 1 heterocycles. The van der Waals surface area contributed by atoms with E-state index in [1.807, 2.05) is 38.0 Å². The average Bonchev–Trinajstić information content (AvgIpc) is 2.75. The van der Waals surface area contributed by atoms with Gasteiger partial charge in [0, 0.05) is 34.1 Å². The third-order valence-corrected chi connectivity index (χ3v) is 3.49. The zero-order valence-corrected chi connectivity index (χ0v) is 12.0. The number of aromatic nitrogens is 3. The van der Waals surface area contributed by atoms with Crippen LogP contribution >= 0.6 is 0 Å².